The minimum atomic E-state index is -0.202. The number of nitrogens with one attached hydrogen (secondary N) is 1. The van der Waals surface area contributed by atoms with E-state index in [1.54, 1.807) is 6.20 Å². The van der Waals surface area contributed by atoms with Crippen LogP contribution in [0.15, 0.2) is 18.5 Å². The Kier molecular flexibility index (Phi) is 4.59. The summed E-state index contributed by atoms with van der Waals surface area (Å²) in [5, 5.41) is 13.2. The molecule has 2 aromatic heterocycles. The van der Waals surface area contributed by atoms with E-state index in [4.69, 9.17) is 10.7 Å². The third-order valence-electron chi connectivity index (χ3n) is 5.41. The van der Waals surface area contributed by atoms with Crippen LogP contribution in [0.3, 0.4) is 0 Å². The third-order valence-corrected chi connectivity index (χ3v) is 5.41. The number of hydrogen-bond acceptors (Lipinski definition) is 8. The molecule has 0 unspecified atom stereocenters. The summed E-state index contributed by atoms with van der Waals surface area (Å²) in [5.74, 6) is 1.74. The van der Waals surface area contributed by atoms with Crippen molar-refractivity contribution in [1.82, 2.24) is 19.9 Å². The van der Waals surface area contributed by atoms with Gasteiger partial charge in [-0.3, -0.25) is 0 Å². The fraction of sp³-hybridized carbons (Fsp3) is 0.579. The third kappa shape index (κ3) is 3.95. The van der Waals surface area contributed by atoms with Crippen LogP contribution < -0.4 is 16.0 Å². The van der Waals surface area contributed by atoms with Gasteiger partial charge in [0.1, 0.15) is 5.82 Å². The molecule has 144 valence electrons. The number of nitrogens with zero attached hydrogens (tertiary/aromatic N) is 5. The number of aromatic nitrogens is 4. The van der Waals surface area contributed by atoms with E-state index in [2.05, 4.69) is 39.0 Å². The van der Waals surface area contributed by atoms with Crippen LogP contribution in [0.25, 0.3) is 0 Å². The monoisotopic (exact) mass is 369 g/mol. The van der Waals surface area contributed by atoms with Gasteiger partial charge in [-0.15, -0.1) is 0 Å². The summed E-state index contributed by atoms with van der Waals surface area (Å²) in [6.45, 7) is 6.12. The molecule has 0 amide bonds. The molecule has 0 saturated carbocycles. The number of rotatable bonds is 3. The average molecular weight is 369 g/mol. The Morgan fingerprint density at radius 2 is 2.00 bits per heavy atom. The minimum Gasteiger partial charge on any atom is -0.393 e. The number of piperidine rings is 1. The Hall–Kier alpha value is -2.48. The highest BCUT2D eigenvalue weighted by Crippen LogP contribution is 2.41. The van der Waals surface area contributed by atoms with Crippen molar-refractivity contribution >= 4 is 17.7 Å². The number of nitrogens with two attached hydrogens (primary N) is 1. The van der Waals surface area contributed by atoms with Crippen LogP contribution in [0.2, 0.25) is 0 Å². The molecule has 8 nitrogen and oxygen atoms in total. The summed E-state index contributed by atoms with van der Waals surface area (Å²) in [4.78, 5) is 19.9. The maximum atomic E-state index is 9.73. The zero-order valence-corrected chi connectivity index (χ0v) is 15.9. The number of nitrogen functional groups attached to an aromatic ring is 1. The molecule has 2 aromatic rings. The number of aliphatic hydroxyl groups excluding tert-OH is 1. The SMILES string of the molecule is CC1(C)Cc2nc(N3CCC(O)CC3)ncc2[C@@H](Nc2ccnc(N)n2)C1. The van der Waals surface area contributed by atoms with Gasteiger partial charge in [-0.1, -0.05) is 13.8 Å². The van der Waals surface area contributed by atoms with E-state index >= 15 is 0 Å². The predicted octanol–water partition coefficient (Wildman–Crippen LogP) is 1.94. The van der Waals surface area contributed by atoms with E-state index in [1.165, 1.54) is 0 Å². The first-order chi connectivity index (χ1) is 12.9. The molecule has 1 aliphatic heterocycles. The quantitative estimate of drug-likeness (QED) is 0.752. The molecule has 1 fully saturated rings. The van der Waals surface area contributed by atoms with Crippen molar-refractivity contribution in [1.29, 1.82) is 0 Å². The van der Waals surface area contributed by atoms with E-state index in [1.807, 2.05) is 12.3 Å². The second-order valence-corrected chi connectivity index (χ2v) is 8.33. The van der Waals surface area contributed by atoms with Crippen molar-refractivity contribution < 1.29 is 5.11 Å². The van der Waals surface area contributed by atoms with Gasteiger partial charge in [-0.05, 0) is 37.2 Å². The lowest BCUT2D eigenvalue weighted by atomic mass is 9.74. The highest BCUT2D eigenvalue weighted by atomic mass is 16.3. The van der Waals surface area contributed by atoms with Crippen LogP contribution in [-0.2, 0) is 6.42 Å². The summed E-state index contributed by atoms with van der Waals surface area (Å²) in [6, 6.07) is 1.90. The molecule has 3 heterocycles. The van der Waals surface area contributed by atoms with Gasteiger partial charge >= 0.3 is 0 Å². The van der Waals surface area contributed by atoms with Crippen LogP contribution in [0, 0.1) is 5.41 Å². The molecule has 27 heavy (non-hydrogen) atoms. The second kappa shape index (κ2) is 6.92. The maximum Gasteiger partial charge on any atom is 0.225 e. The molecule has 1 atom stereocenters. The Morgan fingerprint density at radius 3 is 2.74 bits per heavy atom. The van der Waals surface area contributed by atoms with E-state index in [0.29, 0.717) is 5.82 Å². The molecule has 1 saturated heterocycles. The summed E-state index contributed by atoms with van der Waals surface area (Å²) >= 11 is 0. The zero-order valence-electron chi connectivity index (χ0n) is 15.9. The lowest BCUT2D eigenvalue weighted by Crippen LogP contribution is -2.38. The molecule has 0 bridgehead atoms. The van der Waals surface area contributed by atoms with Crippen LogP contribution in [0.1, 0.15) is 50.4 Å². The highest BCUT2D eigenvalue weighted by Gasteiger charge is 2.34. The average Bonchev–Trinajstić information content (AvgIpc) is 2.61. The van der Waals surface area contributed by atoms with Gasteiger partial charge in [-0.2, -0.15) is 4.98 Å². The van der Waals surface area contributed by atoms with Crippen molar-refractivity contribution in [2.24, 2.45) is 5.41 Å². The Morgan fingerprint density at radius 1 is 1.22 bits per heavy atom. The first kappa shape index (κ1) is 17.9. The van der Waals surface area contributed by atoms with Gasteiger partial charge in [0.25, 0.3) is 0 Å². The van der Waals surface area contributed by atoms with Crippen molar-refractivity contribution in [3.63, 3.8) is 0 Å². The Bertz CT molecular complexity index is 817. The lowest BCUT2D eigenvalue weighted by Gasteiger charge is -2.37. The first-order valence-electron chi connectivity index (χ1n) is 9.53. The van der Waals surface area contributed by atoms with Crippen molar-refractivity contribution in [2.45, 2.75) is 51.7 Å². The smallest absolute Gasteiger partial charge is 0.225 e. The summed E-state index contributed by atoms with van der Waals surface area (Å²) < 4.78 is 0. The zero-order chi connectivity index (χ0) is 19.0. The Labute approximate surface area is 159 Å². The van der Waals surface area contributed by atoms with Gasteiger partial charge in [0.2, 0.25) is 11.9 Å². The largest absolute Gasteiger partial charge is 0.393 e. The first-order valence-corrected chi connectivity index (χ1v) is 9.53. The highest BCUT2D eigenvalue weighted by molar-refractivity contribution is 5.44. The van der Waals surface area contributed by atoms with Gasteiger partial charge in [0.05, 0.1) is 17.8 Å². The molecule has 4 N–H and O–H groups in total. The second-order valence-electron chi connectivity index (χ2n) is 8.33. The maximum absolute atomic E-state index is 9.73. The standard InChI is InChI=1S/C19H27N7O/c1-19(2)9-14(23-16-3-6-21-17(20)25-16)13-11-22-18(24-15(13)10-19)26-7-4-12(27)5-8-26/h3,6,11-12,14,27H,4-5,7-10H2,1-2H3,(H3,20,21,23,25)/t14-/m0/s1. The van der Waals surface area contributed by atoms with Gasteiger partial charge in [0.15, 0.2) is 0 Å². The Balaban J connectivity index is 1.61. The van der Waals surface area contributed by atoms with E-state index in [9.17, 15) is 5.11 Å². The lowest BCUT2D eigenvalue weighted by molar-refractivity contribution is 0.145. The topological polar surface area (TPSA) is 113 Å². The van der Waals surface area contributed by atoms with Crippen LogP contribution in [0.4, 0.5) is 17.7 Å². The molecule has 0 spiro atoms. The molecule has 2 aliphatic rings. The molecule has 0 aromatic carbocycles. The normalized spacial score (nSPS) is 22.3. The summed E-state index contributed by atoms with van der Waals surface area (Å²) in [6.07, 6.45) is 6.81. The number of hydrogen-bond donors (Lipinski definition) is 3. The molecule has 4 rings (SSSR count). The van der Waals surface area contributed by atoms with Gasteiger partial charge < -0.3 is 21.1 Å². The molecule has 1 aliphatic carbocycles. The fourth-order valence-electron chi connectivity index (χ4n) is 4.02. The van der Waals surface area contributed by atoms with Gasteiger partial charge in [0, 0.05) is 31.0 Å². The van der Waals surface area contributed by atoms with E-state index in [-0.39, 0.29) is 23.5 Å². The van der Waals surface area contributed by atoms with Crippen molar-refractivity contribution in [2.75, 3.05) is 29.0 Å². The molecular weight excluding hydrogens is 342 g/mol. The van der Waals surface area contributed by atoms with Gasteiger partial charge in [-0.25, -0.2) is 15.0 Å². The number of anilines is 3. The fourth-order valence-corrected chi connectivity index (χ4v) is 4.02. The summed E-state index contributed by atoms with van der Waals surface area (Å²) in [7, 11) is 0. The van der Waals surface area contributed by atoms with Crippen LogP contribution >= 0.6 is 0 Å². The van der Waals surface area contributed by atoms with Crippen molar-refractivity contribution in [3.8, 4) is 0 Å². The number of fused-ring (bicyclic) bond motifs is 1. The van der Waals surface area contributed by atoms with Crippen LogP contribution in [0.5, 0.6) is 0 Å². The van der Waals surface area contributed by atoms with E-state index in [0.717, 1.165) is 56.0 Å². The number of aliphatic hydroxyl groups is 1. The van der Waals surface area contributed by atoms with Crippen molar-refractivity contribution in [3.05, 3.63) is 29.7 Å². The molecule has 0 radical (unpaired) electrons. The van der Waals surface area contributed by atoms with Crippen LogP contribution in [-0.4, -0.2) is 44.2 Å². The summed E-state index contributed by atoms with van der Waals surface area (Å²) in [5.41, 5.74) is 8.03. The predicted molar refractivity (Wildman–Crippen MR) is 104 cm³/mol. The molecule has 8 heteroatoms. The minimum absolute atomic E-state index is 0.0790. The van der Waals surface area contributed by atoms with E-state index < -0.39 is 0 Å². The molecular formula is C19H27N7O.